The number of rotatable bonds is 3. The molecule has 0 saturated heterocycles. The van der Waals surface area contributed by atoms with Crippen molar-refractivity contribution in [2.24, 2.45) is 5.84 Å². The quantitative estimate of drug-likeness (QED) is 0.675. The zero-order chi connectivity index (χ0) is 14.0. The average molecular weight is 297 g/mol. The normalized spacial score (nSPS) is 12.5. The maximum atomic E-state index is 6.25. The van der Waals surface area contributed by atoms with Gasteiger partial charge in [-0.25, -0.2) is 5.43 Å². The Labute approximate surface area is 121 Å². The van der Waals surface area contributed by atoms with Crippen LogP contribution < -0.4 is 11.3 Å². The number of halogens is 2. The lowest BCUT2D eigenvalue weighted by Gasteiger charge is -2.20. The molecular formula is C13H14Cl2N4. The molecule has 0 aliphatic rings. The zero-order valence-electron chi connectivity index (χ0n) is 10.6. The van der Waals surface area contributed by atoms with E-state index in [4.69, 9.17) is 29.0 Å². The smallest absolute Gasteiger partial charge is 0.0743 e. The van der Waals surface area contributed by atoms with E-state index < -0.39 is 0 Å². The summed E-state index contributed by atoms with van der Waals surface area (Å²) in [6.45, 7) is 3.76. The molecule has 1 aromatic carbocycles. The zero-order valence-corrected chi connectivity index (χ0v) is 12.1. The third kappa shape index (κ3) is 2.87. The summed E-state index contributed by atoms with van der Waals surface area (Å²) in [5.74, 6) is 5.67. The molecule has 0 fully saturated rings. The van der Waals surface area contributed by atoms with Gasteiger partial charge < -0.3 is 0 Å². The molecule has 4 nitrogen and oxygen atoms in total. The highest BCUT2D eigenvalue weighted by Crippen LogP contribution is 2.33. The average Bonchev–Trinajstić information content (AvgIpc) is 2.39. The second kappa shape index (κ2) is 5.84. The van der Waals surface area contributed by atoms with Crippen molar-refractivity contribution < 1.29 is 0 Å². The van der Waals surface area contributed by atoms with Gasteiger partial charge in [0.15, 0.2) is 0 Å². The third-order valence-electron chi connectivity index (χ3n) is 2.91. The number of nitrogens with two attached hydrogens (primary N) is 1. The highest BCUT2D eigenvalue weighted by Gasteiger charge is 2.19. The van der Waals surface area contributed by atoms with E-state index in [0.29, 0.717) is 10.0 Å². The summed E-state index contributed by atoms with van der Waals surface area (Å²) < 4.78 is 0. The number of nitrogens with one attached hydrogen (secondary N) is 1. The van der Waals surface area contributed by atoms with Gasteiger partial charge in [0.05, 0.1) is 27.5 Å². The molecule has 1 unspecified atom stereocenters. The molecule has 1 heterocycles. The van der Waals surface area contributed by atoms with Crippen LogP contribution in [0.15, 0.2) is 24.3 Å². The summed E-state index contributed by atoms with van der Waals surface area (Å²) in [5, 5.41) is 9.10. The minimum Gasteiger partial charge on any atom is -0.271 e. The van der Waals surface area contributed by atoms with Gasteiger partial charge in [-0.1, -0.05) is 35.3 Å². The fourth-order valence-electron chi connectivity index (χ4n) is 1.95. The molecule has 6 heteroatoms. The Bertz CT molecular complexity index is 599. The van der Waals surface area contributed by atoms with Gasteiger partial charge in [-0.3, -0.25) is 5.84 Å². The Morgan fingerprint density at radius 1 is 1.16 bits per heavy atom. The number of hydrazine groups is 1. The topological polar surface area (TPSA) is 63.8 Å². The number of aryl methyl sites for hydroxylation is 2. The van der Waals surface area contributed by atoms with E-state index in [-0.39, 0.29) is 6.04 Å². The van der Waals surface area contributed by atoms with Crippen LogP contribution >= 0.6 is 23.2 Å². The van der Waals surface area contributed by atoms with Crippen molar-refractivity contribution in [2.75, 3.05) is 0 Å². The molecule has 100 valence electrons. The Morgan fingerprint density at radius 2 is 1.89 bits per heavy atom. The summed E-state index contributed by atoms with van der Waals surface area (Å²) in [5.41, 5.74) is 6.12. The van der Waals surface area contributed by atoms with Crippen molar-refractivity contribution in [3.8, 4) is 0 Å². The minimum atomic E-state index is -0.277. The van der Waals surface area contributed by atoms with Crippen molar-refractivity contribution >= 4 is 23.2 Å². The molecule has 0 radical (unpaired) electrons. The molecule has 0 amide bonds. The van der Waals surface area contributed by atoms with Gasteiger partial charge in [-0.2, -0.15) is 10.2 Å². The lowest BCUT2D eigenvalue weighted by molar-refractivity contribution is 0.626. The highest BCUT2D eigenvalue weighted by atomic mass is 35.5. The molecule has 0 aliphatic heterocycles. The molecular weight excluding hydrogens is 283 g/mol. The maximum Gasteiger partial charge on any atom is 0.0743 e. The molecule has 0 aliphatic carbocycles. The van der Waals surface area contributed by atoms with Crippen LogP contribution in [0.1, 0.15) is 28.6 Å². The highest BCUT2D eigenvalue weighted by molar-refractivity contribution is 6.42. The first kappa shape index (κ1) is 14.2. The summed E-state index contributed by atoms with van der Waals surface area (Å²) in [6, 6.07) is 7.12. The van der Waals surface area contributed by atoms with Crippen LogP contribution in [0.25, 0.3) is 0 Å². The fraction of sp³-hybridized carbons (Fsp3) is 0.231. The van der Waals surface area contributed by atoms with Crippen molar-refractivity contribution in [1.82, 2.24) is 15.6 Å². The van der Waals surface area contributed by atoms with Gasteiger partial charge in [-0.05, 0) is 37.1 Å². The van der Waals surface area contributed by atoms with E-state index in [1.54, 1.807) is 6.07 Å². The lowest BCUT2D eigenvalue weighted by Crippen LogP contribution is -2.30. The molecule has 2 aromatic rings. The Morgan fingerprint density at radius 3 is 2.58 bits per heavy atom. The minimum absolute atomic E-state index is 0.277. The molecule has 0 saturated carbocycles. The number of aromatic nitrogens is 2. The third-order valence-corrected chi connectivity index (χ3v) is 3.74. The van der Waals surface area contributed by atoms with Crippen LogP contribution in [0.4, 0.5) is 0 Å². The summed E-state index contributed by atoms with van der Waals surface area (Å²) in [4.78, 5) is 0. The van der Waals surface area contributed by atoms with E-state index in [2.05, 4.69) is 15.6 Å². The summed E-state index contributed by atoms with van der Waals surface area (Å²) in [7, 11) is 0. The Hall–Kier alpha value is -1.20. The predicted molar refractivity (Wildman–Crippen MR) is 77.1 cm³/mol. The molecule has 1 aromatic heterocycles. The number of benzene rings is 1. The van der Waals surface area contributed by atoms with Crippen LogP contribution in [0.2, 0.25) is 10.0 Å². The SMILES string of the molecule is Cc1cc(C(NN)c2cccc(Cl)c2Cl)c(C)nn1. The summed E-state index contributed by atoms with van der Waals surface area (Å²) in [6.07, 6.45) is 0. The van der Waals surface area contributed by atoms with E-state index in [1.807, 2.05) is 32.0 Å². The van der Waals surface area contributed by atoms with Crippen LogP contribution in [0.5, 0.6) is 0 Å². The predicted octanol–water partition coefficient (Wildman–Crippen LogP) is 2.95. The summed E-state index contributed by atoms with van der Waals surface area (Å²) >= 11 is 12.3. The lowest BCUT2D eigenvalue weighted by atomic mass is 9.98. The van der Waals surface area contributed by atoms with Crippen LogP contribution in [-0.2, 0) is 0 Å². The van der Waals surface area contributed by atoms with E-state index in [9.17, 15) is 0 Å². The molecule has 2 rings (SSSR count). The van der Waals surface area contributed by atoms with Gasteiger partial charge in [-0.15, -0.1) is 0 Å². The monoisotopic (exact) mass is 296 g/mol. The first-order chi connectivity index (χ1) is 9.04. The standard InChI is InChI=1S/C13H14Cl2N4/c1-7-6-10(8(2)19-18-7)13(17-16)9-4-3-5-11(14)12(9)15/h3-6,13,17H,16H2,1-2H3. The van der Waals surface area contributed by atoms with E-state index in [1.165, 1.54) is 0 Å². The van der Waals surface area contributed by atoms with Crippen LogP contribution in [0, 0.1) is 13.8 Å². The molecule has 0 spiro atoms. The van der Waals surface area contributed by atoms with Gasteiger partial charge in [0.1, 0.15) is 0 Å². The number of hydrogen-bond acceptors (Lipinski definition) is 4. The number of nitrogens with zero attached hydrogens (tertiary/aromatic N) is 2. The first-order valence-electron chi connectivity index (χ1n) is 5.75. The fourth-order valence-corrected chi connectivity index (χ4v) is 2.37. The van der Waals surface area contributed by atoms with Gasteiger partial charge in [0.2, 0.25) is 0 Å². The van der Waals surface area contributed by atoms with Crippen molar-refractivity contribution in [2.45, 2.75) is 19.9 Å². The largest absolute Gasteiger partial charge is 0.271 e. The van der Waals surface area contributed by atoms with Crippen LogP contribution in [-0.4, -0.2) is 10.2 Å². The van der Waals surface area contributed by atoms with E-state index >= 15 is 0 Å². The second-order valence-corrected chi connectivity index (χ2v) is 5.05. The molecule has 3 N–H and O–H groups in total. The Kier molecular flexibility index (Phi) is 4.37. The second-order valence-electron chi connectivity index (χ2n) is 4.27. The maximum absolute atomic E-state index is 6.25. The van der Waals surface area contributed by atoms with E-state index in [0.717, 1.165) is 22.5 Å². The van der Waals surface area contributed by atoms with Crippen molar-refractivity contribution in [3.63, 3.8) is 0 Å². The molecule has 19 heavy (non-hydrogen) atoms. The van der Waals surface area contributed by atoms with Gasteiger partial charge in [0.25, 0.3) is 0 Å². The van der Waals surface area contributed by atoms with Gasteiger partial charge in [0, 0.05) is 0 Å². The Balaban J connectivity index is 2.56. The first-order valence-corrected chi connectivity index (χ1v) is 6.51. The van der Waals surface area contributed by atoms with Gasteiger partial charge >= 0.3 is 0 Å². The van der Waals surface area contributed by atoms with Crippen molar-refractivity contribution in [1.29, 1.82) is 0 Å². The number of hydrogen-bond donors (Lipinski definition) is 2. The van der Waals surface area contributed by atoms with Crippen LogP contribution in [0.3, 0.4) is 0 Å². The molecule has 1 atom stereocenters. The molecule has 0 bridgehead atoms. The van der Waals surface area contributed by atoms with Crippen molar-refractivity contribution in [3.05, 3.63) is 56.8 Å².